The zero-order valence-corrected chi connectivity index (χ0v) is 16.2. The van der Waals surface area contributed by atoms with Crippen molar-refractivity contribution in [3.63, 3.8) is 0 Å². The van der Waals surface area contributed by atoms with Gasteiger partial charge in [-0.2, -0.15) is 0 Å². The molecule has 132 valence electrons. The quantitative estimate of drug-likeness (QED) is 0.687. The van der Waals surface area contributed by atoms with Crippen LogP contribution in [0.3, 0.4) is 0 Å². The van der Waals surface area contributed by atoms with Gasteiger partial charge in [0, 0.05) is 29.9 Å². The van der Waals surface area contributed by atoms with E-state index in [9.17, 15) is 4.39 Å². The van der Waals surface area contributed by atoms with Gasteiger partial charge >= 0.3 is 0 Å². The summed E-state index contributed by atoms with van der Waals surface area (Å²) < 4.78 is 20.3. The number of benzene rings is 2. The average molecular weight is 423 g/mol. The summed E-state index contributed by atoms with van der Waals surface area (Å²) in [5.74, 6) is -0.235. The van der Waals surface area contributed by atoms with Crippen LogP contribution in [0.4, 0.5) is 10.1 Å². The number of hydrogen-bond donors (Lipinski definition) is 1. The minimum absolute atomic E-state index is 0.165. The monoisotopic (exact) mass is 422 g/mol. The highest BCUT2D eigenvalue weighted by molar-refractivity contribution is 9.10. The van der Waals surface area contributed by atoms with E-state index in [0.29, 0.717) is 18.2 Å². The summed E-state index contributed by atoms with van der Waals surface area (Å²) in [4.78, 5) is 2.04. The fourth-order valence-corrected chi connectivity index (χ4v) is 3.37. The van der Waals surface area contributed by atoms with Crippen molar-refractivity contribution in [3.8, 4) is 0 Å². The summed E-state index contributed by atoms with van der Waals surface area (Å²) in [5.41, 5.74) is 1.81. The molecule has 0 saturated carbocycles. The number of halogens is 2. The molecule has 2 aromatic rings. The first kappa shape index (κ1) is 18.3. The third-order valence-electron chi connectivity index (χ3n) is 4.09. The summed E-state index contributed by atoms with van der Waals surface area (Å²) in [7, 11) is 0. The van der Waals surface area contributed by atoms with Gasteiger partial charge in [-0.05, 0) is 67.0 Å². The molecule has 1 aliphatic heterocycles. The van der Waals surface area contributed by atoms with Gasteiger partial charge in [0.1, 0.15) is 5.82 Å². The number of anilines is 1. The van der Waals surface area contributed by atoms with Gasteiger partial charge in [-0.3, -0.25) is 0 Å². The van der Waals surface area contributed by atoms with E-state index >= 15 is 0 Å². The Kier molecular flexibility index (Phi) is 6.39. The molecule has 1 N–H and O–H groups in total. The number of hydrogen-bond acceptors (Lipinski definition) is 2. The Labute approximate surface area is 161 Å². The van der Waals surface area contributed by atoms with Crippen LogP contribution in [0, 0.1) is 5.82 Å². The van der Waals surface area contributed by atoms with Crippen LogP contribution in [-0.4, -0.2) is 29.3 Å². The van der Waals surface area contributed by atoms with E-state index < -0.39 is 0 Å². The van der Waals surface area contributed by atoms with Crippen molar-refractivity contribution in [1.82, 2.24) is 4.90 Å². The number of ether oxygens (including phenoxy) is 1. The van der Waals surface area contributed by atoms with Gasteiger partial charge in [0.25, 0.3) is 0 Å². The highest BCUT2D eigenvalue weighted by Gasteiger charge is 2.21. The van der Waals surface area contributed by atoms with Crippen LogP contribution in [0.5, 0.6) is 0 Å². The Morgan fingerprint density at radius 2 is 2.08 bits per heavy atom. The van der Waals surface area contributed by atoms with Gasteiger partial charge in [0.05, 0.1) is 6.10 Å². The van der Waals surface area contributed by atoms with Crippen LogP contribution in [0.2, 0.25) is 0 Å². The molecule has 6 heteroatoms. The Bertz CT molecular complexity index is 720. The predicted molar refractivity (Wildman–Crippen MR) is 106 cm³/mol. The van der Waals surface area contributed by atoms with Crippen LogP contribution in [0.15, 0.2) is 53.0 Å². The number of nitrogens with one attached hydrogen (secondary N) is 1. The maximum absolute atomic E-state index is 13.5. The lowest BCUT2D eigenvalue weighted by atomic mass is 10.2. The Morgan fingerprint density at radius 1 is 1.28 bits per heavy atom. The molecule has 3 rings (SSSR count). The van der Waals surface area contributed by atoms with E-state index in [0.717, 1.165) is 35.2 Å². The van der Waals surface area contributed by atoms with Gasteiger partial charge in [-0.1, -0.05) is 28.1 Å². The van der Waals surface area contributed by atoms with E-state index in [4.69, 9.17) is 17.0 Å². The van der Waals surface area contributed by atoms with Gasteiger partial charge in [0.15, 0.2) is 5.11 Å². The molecule has 0 radical (unpaired) electrons. The summed E-state index contributed by atoms with van der Waals surface area (Å²) in [5, 5.41) is 3.88. The first-order chi connectivity index (χ1) is 12.1. The molecule has 0 aliphatic carbocycles. The van der Waals surface area contributed by atoms with Crippen LogP contribution < -0.4 is 5.32 Å². The van der Waals surface area contributed by atoms with E-state index in [1.54, 1.807) is 12.1 Å². The third-order valence-corrected chi connectivity index (χ3v) is 4.98. The van der Waals surface area contributed by atoms with Crippen molar-refractivity contribution in [2.75, 3.05) is 18.5 Å². The largest absolute Gasteiger partial charge is 0.376 e. The molecule has 1 aliphatic rings. The summed E-state index contributed by atoms with van der Waals surface area (Å²) in [6.07, 6.45) is 2.27. The lowest BCUT2D eigenvalue weighted by molar-refractivity contribution is 0.0905. The van der Waals surface area contributed by atoms with E-state index in [2.05, 4.69) is 21.2 Å². The second kappa shape index (κ2) is 8.74. The average Bonchev–Trinajstić information content (AvgIpc) is 3.09. The van der Waals surface area contributed by atoms with Crippen LogP contribution in [0.25, 0.3) is 0 Å². The zero-order chi connectivity index (χ0) is 17.6. The maximum Gasteiger partial charge on any atom is 0.173 e. The zero-order valence-electron chi connectivity index (χ0n) is 13.8. The van der Waals surface area contributed by atoms with Crippen molar-refractivity contribution in [2.24, 2.45) is 0 Å². The van der Waals surface area contributed by atoms with Crippen LogP contribution >= 0.6 is 28.1 Å². The van der Waals surface area contributed by atoms with Gasteiger partial charge in [-0.25, -0.2) is 4.39 Å². The number of nitrogens with zero attached hydrogens (tertiary/aromatic N) is 1. The van der Waals surface area contributed by atoms with Crippen molar-refractivity contribution >= 4 is 38.9 Å². The van der Waals surface area contributed by atoms with Gasteiger partial charge in [-0.15, -0.1) is 0 Å². The highest BCUT2D eigenvalue weighted by atomic mass is 79.9. The third kappa shape index (κ3) is 5.49. The summed E-state index contributed by atoms with van der Waals surface area (Å²) >= 11 is 9.04. The molecule has 1 heterocycles. The Balaban J connectivity index is 1.71. The first-order valence-electron chi connectivity index (χ1n) is 8.28. The molecule has 0 aromatic heterocycles. The summed E-state index contributed by atoms with van der Waals surface area (Å²) in [6.45, 7) is 2.03. The van der Waals surface area contributed by atoms with Crippen molar-refractivity contribution < 1.29 is 9.13 Å². The topological polar surface area (TPSA) is 24.5 Å². The molecule has 25 heavy (non-hydrogen) atoms. The normalized spacial score (nSPS) is 16.6. The highest BCUT2D eigenvalue weighted by Crippen LogP contribution is 2.18. The molecule has 0 amide bonds. The van der Waals surface area contributed by atoms with Gasteiger partial charge < -0.3 is 15.0 Å². The fourth-order valence-electron chi connectivity index (χ4n) is 2.84. The van der Waals surface area contributed by atoms with Crippen molar-refractivity contribution in [1.29, 1.82) is 0 Å². The molecule has 1 unspecified atom stereocenters. The lowest BCUT2D eigenvalue weighted by Crippen LogP contribution is -2.39. The van der Waals surface area contributed by atoms with Crippen molar-refractivity contribution in [3.05, 3.63) is 64.4 Å². The van der Waals surface area contributed by atoms with Gasteiger partial charge in [0.2, 0.25) is 0 Å². The maximum atomic E-state index is 13.5. The minimum atomic E-state index is -0.235. The molecule has 3 nitrogen and oxygen atoms in total. The smallest absolute Gasteiger partial charge is 0.173 e. The first-order valence-corrected chi connectivity index (χ1v) is 9.48. The SMILES string of the molecule is Fc1cccc(CN(CC2CCCO2)C(=S)Nc2ccc(Br)cc2)c1. The predicted octanol–water partition coefficient (Wildman–Crippen LogP) is 4.97. The second-order valence-corrected chi connectivity index (χ2v) is 7.38. The molecule has 0 spiro atoms. The van der Waals surface area contributed by atoms with E-state index in [-0.39, 0.29) is 11.9 Å². The standard InChI is InChI=1S/C19H20BrFN2OS/c20-15-6-8-17(9-7-15)22-19(25)23(13-18-5-2-10-24-18)12-14-3-1-4-16(21)11-14/h1,3-4,6-9,11,18H,2,5,10,12-13H2,(H,22,25). The number of thiocarbonyl (C=S) groups is 1. The Hall–Kier alpha value is -1.50. The molecule has 1 saturated heterocycles. The van der Waals surface area contributed by atoms with E-state index in [1.807, 2.05) is 35.2 Å². The number of rotatable bonds is 5. The minimum Gasteiger partial charge on any atom is -0.376 e. The molecule has 2 aromatic carbocycles. The molecule has 1 atom stereocenters. The van der Waals surface area contributed by atoms with Crippen LogP contribution in [0.1, 0.15) is 18.4 Å². The fraction of sp³-hybridized carbons (Fsp3) is 0.316. The summed E-state index contributed by atoms with van der Waals surface area (Å²) in [6, 6.07) is 14.5. The Morgan fingerprint density at radius 3 is 2.76 bits per heavy atom. The molecule has 0 bridgehead atoms. The lowest BCUT2D eigenvalue weighted by Gasteiger charge is -2.28. The second-order valence-electron chi connectivity index (χ2n) is 6.08. The molecule has 1 fully saturated rings. The van der Waals surface area contributed by atoms with Crippen molar-refractivity contribution in [2.45, 2.75) is 25.5 Å². The molecular weight excluding hydrogens is 403 g/mol. The molecular formula is C19H20BrFN2OS. The van der Waals surface area contributed by atoms with E-state index in [1.165, 1.54) is 6.07 Å². The van der Waals surface area contributed by atoms with Crippen LogP contribution in [-0.2, 0) is 11.3 Å².